The molecule has 1 aromatic rings. The van der Waals surface area contributed by atoms with E-state index in [0.717, 1.165) is 17.7 Å². The number of azo groups is 1. The molecule has 0 saturated heterocycles. The van der Waals surface area contributed by atoms with E-state index in [-0.39, 0.29) is 0 Å². The monoisotopic (exact) mass is 294 g/mol. The largest absolute Gasteiger partial charge is 0.504 e. The average molecular weight is 294 g/mol. The molecule has 20 heavy (non-hydrogen) atoms. The highest BCUT2D eigenvalue weighted by Gasteiger charge is 2.12. The number of amides is 2. The van der Waals surface area contributed by atoms with Crippen LogP contribution in [-0.2, 0) is 4.43 Å². The van der Waals surface area contributed by atoms with Crippen LogP contribution in [0.25, 0.3) is 0 Å². The summed E-state index contributed by atoms with van der Waals surface area (Å²) in [7, 11) is -1.54. The van der Waals surface area contributed by atoms with Crippen LogP contribution in [0.15, 0.2) is 34.5 Å². The minimum atomic E-state index is -1.54. The van der Waals surface area contributed by atoms with Crippen LogP contribution in [0.3, 0.4) is 0 Å². The number of ether oxygens (including phenoxy) is 1. The first-order valence-corrected chi connectivity index (χ1v) is 8.56. The first kappa shape index (κ1) is 16.0. The van der Waals surface area contributed by atoms with Gasteiger partial charge in [0.25, 0.3) is 0 Å². The van der Waals surface area contributed by atoms with Crippen LogP contribution < -0.4 is 4.74 Å². The number of carbonyl (C=O) groups excluding carboxylic acids is 2. The van der Waals surface area contributed by atoms with Gasteiger partial charge in [0.1, 0.15) is 5.75 Å². The molecule has 0 aliphatic carbocycles. The highest BCUT2D eigenvalue weighted by atomic mass is 28.3. The van der Waals surface area contributed by atoms with E-state index in [1.165, 1.54) is 0 Å². The van der Waals surface area contributed by atoms with Gasteiger partial charge in [0, 0.05) is 0 Å². The van der Waals surface area contributed by atoms with Crippen molar-refractivity contribution in [2.75, 3.05) is 0 Å². The summed E-state index contributed by atoms with van der Waals surface area (Å²) >= 11 is 0. The summed E-state index contributed by atoms with van der Waals surface area (Å²) in [6.45, 7) is 5.83. The molecule has 0 bridgehead atoms. The molecule has 0 fully saturated rings. The maximum atomic E-state index is 11.3. The van der Waals surface area contributed by atoms with Gasteiger partial charge in [-0.2, -0.15) is 0 Å². The van der Waals surface area contributed by atoms with Crippen molar-refractivity contribution in [1.29, 1.82) is 0 Å². The molecule has 0 saturated carbocycles. The third kappa shape index (κ3) is 5.74. The second-order valence-corrected chi connectivity index (χ2v) is 7.32. The lowest BCUT2D eigenvalue weighted by Gasteiger charge is -2.08. The Labute approximate surface area is 119 Å². The molecule has 1 rings (SSSR count). The minimum absolute atomic E-state index is 0.349. The second-order valence-electron chi connectivity index (χ2n) is 4.20. The van der Waals surface area contributed by atoms with E-state index in [9.17, 15) is 9.59 Å². The van der Waals surface area contributed by atoms with Gasteiger partial charge in [0.2, 0.25) is 9.04 Å². The maximum Gasteiger partial charge on any atom is 0.458 e. The molecule has 0 N–H and O–H groups in total. The van der Waals surface area contributed by atoms with E-state index in [0.29, 0.717) is 5.75 Å². The summed E-state index contributed by atoms with van der Waals surface area (Å²) < 4.78 is 9.98. The molecule has 1 aromatic carbocycles. The molecular weight excluding hydrogens is 276 g/mol. The van der Waals surface area contributed by atoms with Gasteiger partial charge in [-0.1, -0.05) is 41.8 Å². The fourth-order valence-electron chi connectivity index (χ4n) is 1.43. The van der Waals surface area contributed by atoms with Crippen molar-refractivity contribution >= 4 is 21.2 Å². The molecule has 0 atom stereocenters. The fraction of sp³-hybridized carbons (Fsp3) is 0.385. The summed E-state index contributed by atoms with van der Waals surface area (Å²) in [6.07, 6.45) is -1.77. The van der Waals surface area contributed by atoms with Crippen molar-refractivity contribution in [2.45, 2.75) is 32.9 Å². The number of nitrogens with zero attached hydrogens (tertiary/aromatic N) is 2. The lowest BCUT2D eigenvalue weighted by atomic mass is 10.2. The standard InChI is InChI=1S/C13H18N2O4Si/c1-4-20(5-2)19-13(17)15-14-12(16)18-11-8-6-10(3)7-9-11/h6-9,20H,4-5H2,1-3H3. The van der Waals surface area contributed by atoms with E-state index in [1.807, 2.05) is 20.8 Å². The van der Waals surface area contributed by atoms with Crippen LogP contribution >= 0.6 is 0 Å². The third-order valence-corrected chi connectivity index (χ3v) is 4.97. The average Bonchev–Trinajstić information content (AvgIpc) is 2.45. The summed E-state index contributed by atoms with van der Waals surface area (Å²) in [5.41, 5.74) is 1.05. The number of aryl methyl sites for hydroxylation is 1. The molecule has 0 aliphatic heterocycles. The van der Waals surface area contributed by atoms with Crippen LogP contribution in [-0.4, -0.2) is 21.2 Å². The number of carbonyl (C=O) groups is 2. The molecule has 0 aliphatic rings. The Kier molecular flexibility index (Phi) is 6.58. The zero-order valence-corrected chi connectivity index (χ0v) is 13.0. The lowest BCUT2D eigenvalue weighted by molar-refractivity contribution is 0.200. The van der Waals surface area contributed by atoms with Gasteiger partial charge in [-0.15, -0.1) is 0 Å². The Morgan fingerprint density at radius 2 is 1.60 bits per heavy atom. The molecule has 6 nitrogen and oxygen atoms in total. The highest BCUT2D eigenvalue weighted by molar-refractivity contribution is 6.53. The molecular formula is C13H18N2O4Si. The van der Waals surface area contributed by atoms with E-state index >= 15 is 0 Å². The quantitative estimate of drug-likeness (QED) is 0.624. The normalized spacial score (nSPS) is 10.8. The number of benzene rings is 1. The van der Waals surface area contributed by atoms with Crippen molar-refractivity contribution < 1.29 is 18.8 Å². The number of rotatable bonds is 4. The predicted molar refractivity (Wildman–Crippen MR) is 76.7 cm³/mol. The molecule has 108 valence electrons. The summed E-state index contributed by atoms with van der Waals surface area (Å²) in [6, 6.07) is 8.52. The fourth-order valence-corrected chi connectivity index (χ4v) is 2.67. The first-order valence-electron chi connectivity index (χ1n) is 6.46. The van der Waals surface area contributed by atoms with Gasteiger partial charge in [0.05, 0.1) is 0 Å². The van der Waals surface area contributed by atoms with Crippen LogP contribution in [0.5, 0.6) is 5.75 Å². The summed E-state index contributed by atoms with van der Waals surface area (Å²) in [5.74, 6) is 0.349. The van der Waals surface area contributed by atoms with Gasteiger partial charge in [-0.05, 0) is 31.1 Å². The van der Waals surface area contributed by atoms with E-state index in [4.69, 9.17) is 9.16 Å². The van der Waals surface area contributed by atoms with Gasteiger partial charge in [0.15, 0.2) is 0 Å². The molecule has 0 aromatic heterocycles. The summed E-state index contributed by atoms with van der Waals surface area (Å²) in [4.78, 5) is 22.7. The minimum Gasteiger partial charge on any atom is -0.504 e. The topological polar surface area (TPSA) is 77.3 Å². The Morgan fingerprint density at radius 1 is 1.05 bits per heavy atom. The molecule has 0 heterocycles. The molecule has 0 radical (unpaired) electrons. The van der Waals surface area contributed by atoms with Crippen molar-refractivity contribution in [3.05, 3.63) is 29.8 Å². The van der Waals surface area contributed by atoms with Gasteiger partial charge < -0.3 is 9.16 Å². The van der Waals surface area contributed by atoms with Crippen molar-refractivity contribution in [3.63, 3.8) is 0 Å². The van der Waals surface area contributed by atoms with Crippen molar-refractivity contribution in [1.82, 2.24) is 0 Å². The summed E-state index contributed by atoms with van der Waals surface area (Å²) in [5, 5.41) is 6.37. The van der Waals surface area contributed by atoms with Crippen LogP contribution in [0.2, 0.25) is 12.1 Å². The van der Waals surface area contributed by atoms with Gasteiger partial charge >= 0.3 is 12.2 Å². The predicted octanol–water partition coefficient (Wildman–Crippen LogP) is 3.85. The smallest absolute Gasteiger partial charge is 0.458 e. The Morgan fingerprint density at radius 3 is 2.15 bits per heavy atom. The highest BCUT2D eigenvalue weighted by Crippen LogP contribution is 2.12. The second kappa shape index (κ2) is 8.21. The molecule has 2 amide bonds. The van der Waals surface area contributed by atoms with Crippen LogP contribution in [0.1, 0.15) is 19.4 Å². The number of hydrogen-bond acceptors (Lipinski definition) is 4. The van der Waals surface area contributed by atoms with Gasteiger partial charge in [-0.25, -0.2) is 9.59 Å². The zero-order valence-electron chi connectivity index (χ0n) is 11.8. The van der Waals surface area contributed by atoms with Crippen molar-refractivity contribution in [2.24, 2.45) is 10.2 Å². The zero-order chi connectivity index (χ0) is 15.0. The maximum absolute atomic E-state index is 11.3. The Bertz CT molecular complexity index is 484. The van der Waals surface area contributed by atoms with Crippen LogP contribution in [0.4, 0.5) is 9.59 Å². The Hall–Kier alpha value is -2.02. The Balaban J connectivity index is 2.47. The molecule has 0 spiro atoms. The SMILES string of the molecule is CC[SiH](CC)OC(=O)N=NC(=O)Oc1ccc(C)cc1. The third-order valence-electron chi connectivity index (χ3n) is 2.62. The van der Waals surface area contributed by atoms with Crippen molar-refractivity contribution in [3.8, 4) is 5.75 Å². The van der Waals surface area contributed by atoms with E-state index < -0.39 is 21.2 Å². The molecule has 7 heteroatoms. The first-order chi connectivity index (χ1) is 9.55. The van der Waals surface area contributed by atoms with E-state index in [2.05, 4.69) is 10.2 Å². The van der Waals surface area contributed by atoms with Crippen LogP contribution in [0, 0.1) is 6.92 Å². The number of hydrogen-bond donors (Lipinski definition) is 0. The molecule has 0 unspecified atom stereocenters. The van der Waals surface area contributed by atoms with E-state index in [1.54, 1.807) is 24.3 Å². The van der Waals surface area contributed by atoms with Gasteiger partial charge in [-0.3, -0.25) is 0 Å². The lowest BCUT2D eigenvalue weighted by Crippen LogP contribution is -2.18.